The molecule has 1 amide bonds. The lowest BCUT2D eigenvalue weighted by Crippen LogP contribution is -2.42. The number of aromatic amines is 1. The van der Waals surface area contributed by atoms with Crippen molar-refractivity contribution in [1.29, 1.82) is 0 Å². The minimum Gasteiger partial charge on any atom is -0.493 e. The summed E-state index contributed by atoms with van der Waals surface area (Å²) in [5.41, 5.74) is 1.19. The van der Waals surface area contributed by atoms with Gasteiger partial charge in [0.1, 0.15) is 4.70 Å². The summed E-state index contributed by atoms with van der Waals surface area (Å²) in [5.74, 6) is 1.15. The molecule has 1 aliphatic heterocycles. The van der Waals surface area contributed by atoms with Crippen LogP contribution < -0.4 is 25.2 Å². The Kier molecular flexibility index (Phi) is 5.84. The normalized spacial score (nSPS) is 16.5. The first-order chi connectivity index (χ1) is 14.6. The number of nitrogens with zero attached hydrogens (tertiary/aromatic N) is 3. The molecule has 4 rings (SSSR count). The lowest BCUT2D eigenvalue weighted by molar-refractivity contribution is -0.125. The number of benzene rings is 1. The van der Waals surface area contributed by atoms with Gasteiger partial charge in [0.2, 0.25) is 5.91 Å². The summed E-state index contributed by atoms with van der Waals surface area (Å²) in [4.78, 5) is 37.9. The van der Waals surface area contributed by atoms with Crippen molar-refractivity contribution in [3.63, 3.8) is 0 Å². The van der Waals surface area contributed by atoms with Crippen LogP contribution in [0.1, 0.15) is 18.4 Å². The quantitative estimate of drug-likeness (QED) is 0.616. The topological polar surface area (TPSA) is 109 Å². The number of aromatic nitrogens is 3. The molecule has 1 atom stereocenters. The van der Waals surface area contributed by atoms with Gasteiger partial charge in [0.05, 0.1) is 26.5 Å². The summed E-state index contributed by atoms with van der Waals surface area (Å²) >= 11 is 1.31. The average molecular weight is 430 g/mol. The highest BCUT2D eigenvalue weighted by Gasteiger charge is 2.27. The molecule has 30 heavy (non-hydrogen) atoms. The number of hydrogen-bond donors (Lipinski definition) is 2. The number of carbonyl (C=O) groups is 1. The maximum absolute atomic E-state index is 12.8. The molecule has 3 aromatic rings. The minimum absolute atomic E-state index is 0.00608. The molecular weight excluding hydrogens is 406 g/mol. The molecule has 1 saturated heterocycles. The van der Waals surface area contributed by atoms with E-state index in [9.17, 15) is 9.59 Å². The lowest BCUT2D eigenvalue weighted by atomic mass is 9.97. The zero-order valence-corrected chi connectivity index (χ0v) is 17.6. The van der Waals surface area contributed by atoms with E-state index >= 15 is 0 Å². The van der Waals surface area contributed by atoms with Gasteiger partial charge < -0.3 is 24.7 Å². The van der Waals surface area contributed by atoms with Gasteiger partial charge in [0.15, 0.2) is 22.3 Å². The number of ether oxygens (including phenoxy) is 2. The van der Waals surface area contributed by atoms with Crippen molar-refractivity contribution in [3.05, 3.63) is 40.4 Å². The third kappa shape index (κ3) is 4.09. The van der Waals surface area contributed by atoms with Gasteiger partial charge in [-0.15, -0.1) is 0 Å². The largest absolute Gasteiger partial charge is 0.493 e. The van der Waals surface area contributed by atoms with E-state index in [0.717, 1.165) is 30.1 Å². The Labute approximate surface area is 177 Å². The fourth-order valence-electron chi connectivity index (χ4n) is 3.58. The van der Waals surface area contributed by atoms with Crippen molar-refractivity contribution in [2.24, 2.45) is 5.92 Å². The number of carbonyl (C=O) groups excluding carboxylic acids is 1. The van der Waals surface area contributed by atoms with Crippen LogP contribution in [-0.2, 0) is 11.3 Å². The van der Waals surface area contributed by atoms with Crippen molar-refractivity contribution in [1.82, 2.24) is 20.3 Å². The number of hydrogen-bond acceptors (Lipinski definition) is 8. The van der Waals surface area contributed by atoms with Crippen LogP contribution in [0.4, 0.5) is 5.13 Å². The zero-order chi connectivity index (χ0) is 21.1. The van der Waals surface area contributed by atoms with E-state index in [1.807, 2.05) is 18.2 Å². The Morgan fingerprint density at radius 1 is 1.33 bits per heavy atom. The van der Waals surface area contributed by atoms with Gasteiger partial charge in [-0.1, -0.05) is 17.4 Å². The van der Waals surface area contributed by atoms with Crippen LogP contribution in [-0.4, -0.2) is 48.2 Å². The number of nitrogens with one attached hydrogen (secondary N) is 2. The lowest BCUT2D eigenvalue weighted by Gasteiger charge is -2.31. The van der Waals surface area contributed by atoms with E-state index in [1.165, 1.54) is 17.7 Å². The third-order valence-electron chi connectivity index (χ3n) is 5.16. The molecule has 2 aromatic heterocycles. The standard InChI is InChI=1S/C20H23N5O4S/c1-28-14-6-5-12(8-15(14)29-2)9-21-18(26)13-4-3-7-25(10-13)20-24-17-16(30-20)19(27)23-11-22-17/h5-6,8,11,13H,3-4,7,9-10H2,1-2H3,(H,21,26)(H,22,23,27)/t13-/m1/s1. The monoisotopic (exact) mass is 429 g/mol. The van der Waals surface area contributed by atoms with E-state index in [4.69, 9.17) is 9.47 Å². The average Bonchev–Trinajstić information content (AvgIpc) is 3.23. The predicted octanol–water partition coefficient (Wildman–Crippen LogP) is 1.93. The Balaban J connectivity index is 1.41. The van der Waals surface area contributed by atoms with Crippen molar-refractivity contribution in [2.45, 2.75) is 19.4 Å². The van der Waals surface area contributed by atoms with E-state index in [2.05, 4.69) is 25.2 Å². The number of piperidine rings is 1. The summed E-state index contributed by atoms with van der Waals surface area (Å²) in [6.07, 6.45) is 3.06. The first kappa shape index (κ1) is 20.1. The number of amides is 1. The molecule has 0 radical (unpaired) electrons. The van der Waals surface area contributed by atoms with Crippen molar-refractivity contribution >= 4 is 32.7 Å². The Hall–Kier alpha value is -3.14. The second kappa shape index (κ2) is 8.70. The molecule has 0 unspecified atom stereocenters. The Morgan fingerprint density at radius 3 is 2.93 bits per heavy atom. The van der Waals surface area contributed by atoms with Gasteiger partial charge in [-0.25, -0.2) is 4.98 Å². The smallest absolute Gasteiger partial charge is 0.270 e. The van der Waals surface area contributed by atoms with E-state index in [0.29, 0.717) is 34.9 Å². The minimum atomic E-state index is -0.190. The van der Waals surface area contributed by atoms with Gasteiger partial charge in [0, 0.05) is 19.6 Å². The number of anilines is 1. The van der Waals surface area contributed by atoms with E-state index in [1.54, 1.807) is 14.2 Å². The van der Waals surface area contributed by atoms with E-state index < -0.39 is 0 Å². The molecule has 3 heterocycles. The van der Waals surface area contributed by atoms with Crippen molar-refractivity contribution < 1.29 is 14.3 Å². The van der Waals surface area contributed by atoms with Crippen LogP contribution >= 0.6 is 11.3 Å². The molecule has 1 aliphatic rings. The Bertz CT molecular complexity index is 1110. The number of methoxy groups -OCH3 is 2. The number of fused-ring (bicyclic) bond motifs is 1. The molecule has 0 spiro atoms. The van der Waals surface area contributed by atoms with Gasteiger partial charge in [-0.3, -0.25) is 9.59 Å². The van der Waals surface area contributed by atoms with Gasteiger partial charge in [0.25, 0.3) is 5.56 Å². The maximum atomic E-state index is 12.8. The highest BCUT2D eigenvalue weighted by atomic mass is 32.1. The van der Waals surface area contributed by atoms with Crippen LogP contribution in [0, 0.1) is 5.92 Å². The van der Waals surface area contributed by atoms with Gasteiger partial charge in [-0.05, 0) is 30.5 Å². The third-order valence-corrected chi connectivity index (χ3v) is 6.27. The zero-order valence-electron chi connectivity index (χ0n) is 16.8. The molecule has 10 heteroatoms. The molecule has 1 aromatic carbocycles. The van der Waals surface area contributed by atoms with Crippen LogP contribution in [0.5, 0.6) is 11.5 Å². The Morgan fingerprint density at radius 2 is 2.17 bits per heavy atom. The molecule has 0 saturated carbocycles. The summed E-state index contributed by atoms with van der Waals surface area (Å²) in [7, 11) is 3.17. The molecular formula is C20H23N5O4S. The predicted molar refractivity (Wildman–Crippen MR) is 114 cm³/mol. The summed E-state index contributed by atoms with van der Waals surface area (Å²) < 4.78 is 11.1. The molecule has 2 N–H and O–H groups in total. The number of rotatable bonds is 6. The highest BCUT2D eigenvalue weighted by Crippen LogP contribution is 2.30. The molecule has 0 bridgehead atoms. The van der Waals surface area contributed by atoms with Crippen molar-refractivity contribution in [2.75, 3.05) is 32.2 Å². The first-order valence-electron chi connectivity index (χ1n) is 9.67. The van der Waals surface area contributed by atoms with Crippen LogP contribution in [0.3, 0.4) is 0 Å². The fourth-order valence-corrected chi connectivity index (χ4v) is 4.53. The summed E-state index contributed by atoms with van der Waals surface area (Å²) in [6.45, 7) is 1.78. The fraction of sp³-hybridized carbons (Fsp3) is 0.400. The van der Waals surface area contributed by atoms with Gasteiger partial charge in [-0.2, -0.15) is 4.98 Å². The van der Waals surface area contributed by atoms with Crippen molar-refractivity contribution in [3.8, 4) is 11.5 Å². The van der Waals surface area contributed by atoms with Crippen LogP contribution in [0.25, 0.3) is 10.3 Å². The summed E-state index contributed by atoms with van der Waals surface area (Å²) in [6, 6.07) is 5.59. The number of thiazole rings is 1. The second-order valence-electron chi connectivity index (χ2n) is 7.07. The SMILES string of the molecule is COc1ccc(CNC(=O)[C@@H]2CCCN(c3nc4nc[nH]c(=O)c4s3)C2)cc1OC. The maximum Gasteiger partial charge on any atom is 0.270 e. The van der Waals surface area contributed by atoms with Gasteiger partial charge >= 0.3 is 0 Å². The van der Waals surface area contributed by atoms with Crippen LogP contribution in [0.2, 0.25) is 0 Å². The van der Waals surface area contributed by atoms with E-state index in [-0.39, 0.29) is 17.4 Å². The summed E-state index contributed by atoms with van der Waals surface area (Å²) in [5, 5.41) is 3.75. The molecule has 9 nitrogen and oxygen atoms in total. The molecule has 0 aliphatic carbocycles. The molecule has 158 valence electrons. The molecule has 1 fully saturated rings. The highest BCUT2D eigenvalue weighted by molar-refractivity contribution is 7.22. The number of H-pyrrole nitrogens is 1. The second-order valence-corrected chi connectivity index (χ2v) is 8.05. The first-order valence-corrected chi connectivity index (χ1v) is 10.5. The van der Waals surface area contributed by atoms with Crippen LogP contribution in [0.15, 0.2) is 29.3 Å².